The van der Waals surface area contributed by atoms with Crippen LogP contribution in [-0.2, 0) is 9.47 Å². The van der Waals surface area contributed by atoms with Gasteiger partial charge in [-0.1, -0.05) is 6.92 Å². The predicted molar refractivity (Wildman–Crippen MR) is 65.1 cm³/mol. The molecule has 1 atom stereocenters. The van der Waals surface area contributed by atoms with Gasteiger partial charge in [-0.05, 0) is 25.0 Å². The number of hydrogen-bond donors (Lipinski definition) is 1. The smallest absolute Gasteiger partial charge is 0.286 e. The molecule has 0 unspecified atom stereocenters. The van der Waals surface area contributed by atoms with E-state index in [1.807, 2.05) is 6.92 Å². The van der Waals surface area contributed by atoms with Crippen LogP contribution in [0.15, 0.2) is 22.8 Å². The Kier molecular flexibility index (Phi) is 4.04. The molecule has 0 aromatic carbocycles. The van der Waals surface area contributed by atoms with Crippen LogP contribution < -0.4 is 5.32 Å². The lowest BCUT2D eigenvalue weighted by Crippen LogP contribution is -2.34. The number of rotatable bonds is 5. The van der Waals surface area contributed by atoms with Crippen molar-refractivity contribution in [2.24, 2.45) is 5.92 Å². The number of carbonyl (C=O) groups excluding carboxylic acids is 1. The van der Waals surface area contributed by atoms with Gasteiger partial charge in [-0.25, -0.2) is 0 Å². The van der Waals surface area contributed by atoms with E-state index in [1.54, 1.807) is 12.1 Å². The molecule has 1 fully saturated rings. The van der Waals surface area contributed by atoms with Crippen LogP contribution in [0.25, 0.3) is 0 Å². The van der Waals surface area contributed by atoms with Crippen LogP contribution in [0.3, 0.4) is 0 Å². The average Bonchev–Trinajstić information content (AvgIpc) is 2.97. The van der Waals surface area contributed by atoms with E-state index in [1.165, 1.54) is 6.26 Å². The van der Waals surface area contributed by atoms with Gasteiger partial charge in [0, 0.05) is 13.0 Å². The standard InChI is InChI=1S/C13H19NO4/c1-10(8-13(2)17-6-7-18-13)9-14-12(15)11-4-3-5-16-11/h3-5,10H,6-9H2,1-2H3,(H,14,15)/t10-/m1/s1. The summed E-state index contributed by atoms with van der Waals surface area (Å²) in [5, 5.41) is 2.83. The number of ether oxygens (including phenoxy) is 2. The number of hydrogen-bond acceptors (Lipinski definition) is 4. The van der Waals surface area contributed by atoms with Crippen molar-refractivity contribution < 1.29 is 18.7 Å². The molecule has 1 saturated heterocycles. The highest BCUT2D eigenvalue weighted by molar-refractivity contribution is 5.91. The van der Waals surface area contributed by atoms with E-state index in [-0.39, 0.29) is 11.8 Å². The molecule has 100 valence electrons. The van der Waals surface area contributed by atoms with E-state index in [0.29, 0.717) is 25.5 Å². The molecule has 1 aromatic heterocycles. The van der Waals surface area contributed by atoms with Crippen molar-refractivity contribution in [1.29, 1.82) is 0 Å². The first kappa shape index (κ1) is 13.1. The molecular formula is C13H19NO4. The molecule has 0 aliphatic carbocycles. The summed E-state index contributed by atoms with van der Waals surface area (Å²) in [6.07, 6.45) is 2.24. The number of nitrogens with one attached hydrogen (secondary N) is 1. The lowest BCUT2D eigenvalue weighted by Gasteiger charge is -2.25. The van der Waals surface area contributed by atoms with Gasteiger partial charge < -0.3 is 19.2 Å². The Bertz CT molecular complexity index is 382. The van der Waals surface area contributed by atoms with E-state index >= 15 is 0 Å². The largest absolute Gasteiger partial charge is 0.459 e. The molecule has 1 aliphatic heterocycles. The second kappa shape index (κ2) is 5.54. The maximum atomic E-state index is 11.7. The molecule has 5 nitrogen and oxygen atoms in total. The lowest BCUT2D eigenvalue weighted by molar-refractivity contribution is -0.153. The number of carbonyl (C=O) groups is 1. The Balaban J connectivity index is 1.74. The van der Waals surface area contributed by atoms with Gasteiger partial charge in [0.15, 0.2) is 11.5 Å². The van der Waals surface area contributed by atoms with Gasteiger partial charge in [-0.2, -0.15) is 0 Å². The zero-order valence-electron chi connectivity index (χ0n) is 10.8. The van der Waals surface area contributed by atoms with Gasteiger partial charge in [0.25, 0.3) is 5.91 Å². The van der Waals surface area contributed by atoms with E-state index in [0.717, 1.165) is 6.42 Å². The summed E-state index contributed by atoms with van der Waals surface area (Å²) in [4.78, 5) is 11.7. The highest BCUT2D eigenvalue weighted by Gasteiger charge is 2.32. The van der Waals surface area contributed by atoms with E-state index < -0.39 is 5.79 Å². The van der Waals surface area contributed by atoms with Crippen molar-refractivity contribution in [3.63, 3.8) is 0 Å². The van der Waals surface area contributed by atoms with Gasteiger partial charge in [-0.15, -0.1) is 0 Å². The van der Waals surface area contributed by atoms with Crippen LogP contribution in [0.5, 0.6) is 0 Å². The summed E-state index contributed by atoms with van der Waals surface area (Å²) in [5.41, 5.74) is 0. The highest BCUT2D eigenvalue weighted by atomic mass is 16.7. The highest BCUT2D eigenvalue weighted by Crippen LogP contribution is 2.26. The summed E-state index contributed by atoms with van der Waals surface area (Å²) in [6, 6.07) is 3.34. The first-order valence-electron chi connectivity index (χ1n) is 6.19. The summed E-state index contributed by atoms with van der Waals surface area (Å²) < 4.78 is 16.1. The maximum absolute atomic E-state index is 11.7. The third-order valence-electron chi connectivity index (χ3n) is 2.97. The Labute approximate surface area is 106 Å². The molecule has 0 radical (unpaired) electrons. The van der Waals surface area contributed by atoms with Crippen LogP contribution in [-0.4, -0.2) is 31.5 Å². The second-order valence-corrected chi connectivity index (χ2v) is 4.83. The zero-order chi connectivity index (χ0) is 13.0. The zero-order valence-corrected chi connectivity index (χ0v) is 10.8. The average molecular weight is 253 g/mol. The fourth-order valence-electron chi connectivity index (χ4n) is 2.14. The topological polar surface area (TPSA) is 60.7 Å². The van der Waals surface area contributed by atoms with Crippen molar-refractivity contribution in [2.75, 3.05) is 19.8 Å². The minimum absolute atomic E-state index is 0.190. The molecule has 0 bridgehead atoms. The minimum atomic E-state index is -0.505. The summed E-state index contributed by atoms with van der Waals surface area (Å²) in [6.45, 7) is 5.84. The fourth-order valence-corrected chi connectivity index (χ4v) is 2.14. The molecule has 18 heavy (non-hydrogen) atoms. The summed E-state index contributed by atoms with van der Waals surface area (Å²) >= 11 is 0. The van der Waals surface area contributed by atoms with E-state index in [2.05, 4.69) is 12.2 Å². The van der Waals surface area contributed by atoms with Crippen LogP contribution in [0.1, 0.15) is 30.8 Å². The van der Waals surface area contributed by atoms with Crippen molar-refractivity contribution in [3.05, 3.63) is 24.2 Å². The van der Waals surface area contributed by atoms with Crippen LogP contribution in [0.4, 0.5) is 0 Å². The molecular weight excluding hydrogens is 234 g/mol. The Morgan fingerprint density at radius 2 is 2.22 bits per heavy atom. The summed E-state index contributed by atoms with van der Waals surface area (Å²) in [7, 11) is 0. The molecule has 1 amide bonds. The van der Waals surface area contributed by atoms with Gasteiger partial charge in [0.1, 0.15) is 0 Å². The van der Waals surface area contributed by atoms with Crippen molar-refractivity contribution in [3.8, 4) is 0 Å². The Morgan fingerprint density at radius 3 is 2.83 bits per heavy atom. The van der Waals surface area contributed by atoms with Crippen molar-refractivity contribution in [1.82, 2.24) is 5.32 Å². The molecule has 0 spiro atoms. The third kappa shape index (κ3) is 3.34. The van der Waals surface area contributed by atoms with Crippen molar-refractivity contribution >= 4 is 5.91 Å². The third-order valence-corrected chi connectivity index (χ3v) is 2.97. The Hall–Kier alpha value is -1.33. The predicted octanol–water partition coefficient (Wildman–Crippen LogP) is 1.80. The number of amides is 1. The molecule has 1 aromatic rings. The molecule has 2 rings (SSSR count). The Morgan fingerprint density at radius 1 is 1.50 bits per heavy atom. The molecule has 0 saturated carbocycles. The molecule has 1 aliphatic rings. The van der Waals surface area contributed by atoms with Crippen molar-refractivity contribution in [2.45, 2.75) is 26.1 Å². The molecule has 2 heterocycles. The van der Waals surface area contributed by atoms with Crippen LogP contribution >= 0.6 is 0 Å². The second-order valence-electron chi connectivity index (χ2n) is 4.83. The molecule has 5 heteroatoms. The van der Waals surface area contributed by atoms with Gasteiger partial charge in [0.05, 0.1) is 19.5 Å². The summed E-state index contributed by atoms with van der Waals surface area (Å²) in [5.74, 6) is -0.0893. The van der Waals surface area contributed by atoms with Gasteiger partial charge in [-0.3, -0.25) is 4.79 Å². The minimum Gasteiger partial charge on any atom is -0.459 e. The SMILES string of the molecule is C[C@@H](CNC(=O)c1ccco1)CC1(C)OCCO1. The van der Waals surface area contributed by atoms with E-state index in [4.69, 9.17) is 13.9 Å². The van der Waals surface area contributed by atoms with Gasteiger partial charge in [0.2, 0.25) is 0 Å². The number of furan rings is 1. The van der Waals surface area contributed by atoms with E-state index in [9.17, 15) is 4.79 Å². The first-order chi connectivity index (χ1) is 8.59. The van der Waals surface area contributed by atoms with Gasteiger partial charge >= 0.3 is 0 Å². The van der Waals surface area contributed by atoms with Crippen LogP contribution in [0, 0.1) is 5.92 Å². The van der Waals surface area contributed by atoms with Crippen LogP contribution in [0.2, 0.25) is 0 Å². The monoisotopic (exact) mass is 253 g/mol. The normalized spacial score (nSPS) is 19.7. The first-order valence-corrected chi connectivity index (χ1v) is 6.19. The lowest BCUT2D eigenvalue weighted by atomic mass is 10.0. The fraction of sp³-hybridized carbons (Fsp3) is 0.615. The quantitative estimate of drug-likeness (QED) is 0.869. The molecule has 1 N–H and O–H groups in total. The maximum Gasteiger partial charge on any atom is 0.286 e.